The highest BCUT2D eigenvalue weighted by Crippen LogP contribution is 2.19. The minimum Gasteiger partial charge on any atom is -0.369 e. The second kappa shape index (κ2) is 20.4. The van der Waals surface area contributed by atoms with Crippen LogP contribution in [-0.4, -0.2) is 54.9 Å². The van der Waals surface area contributed by atoms with E-state index in [1.807, 2.05) is 12.3 Å². The van der Waals surface area contributed by atoms with Crippen molar-refractivity contribution in [2.24, 2.45) is 5.11 Å². The molecule has 0 radical (unpaired) electrons. The average molecular weight is 782 g/mol. The molecule has 0 aliphatic heterocycles. The number of nitrogens with zero attached hydrogens (tertiary/aromatic N) is 10. The summed E-state index contributed by atoms with van der Waals surface area (Å²) in [5.41, 5.74) is 30.9. The van der Waals surface area contributed by atoms with Crippen molar-refractivity contribution in [1.82, 2.24) is 54.9 Å². The summed E-state index contributed by atoms with van der Waals surface area (Å²) < 4.78 is 1.80. The third kappa shape index (κ3) is 12.2. The number of halogens is 3. The number of hydrogen-bond donors (Lipinski definition) is 6. The van der Waals surface area contributed by atoms with Crippen LogP contribution in [0.2, 0.25) is 0 Å². The van der Waals surface area contributed by atoms with Gasteiger partial charge in [0.05, 0.1) is 46.7 Å². The van der Waals surface area contributed by atoms with Crippen LogP contribution in [0.15, 0.2) is 48.0 Å². The van der Waals surface area contributed by atoms with Crippen LogP contribution >= 0.6 is 37.2 Å². The third-order valence-corrected chi connectivity index (χ3v) is 7.96. The van der Waals surface area contributed by atoms with Gasteiger partial charge in [0.25, 0.3) is 0 Å². The summed E-state index contributed by atoms with van der Waals surface area (Å²) >= 11 is 0. The number of aromatic nitrogens is 11. The maximum absolute atomic E-state index is 8.21. The number of hydrogen-bond acceptors (Lipinski definition) is 9. The molecule has 5 heterocycles. The number of azide groups is 1. The lowest BCUT2D eigenvalue weighted by Crippen LogP contribution is -2.02. The largest absolute Gasteiger partial charge is 0.369 e. The smallest absolute Gasteiger partial charge is 0.197 e. The van der Waals surface area contributed by atoms with Crippen molar-refractivity contribution in [3.8, 4) is 12.3 Å². The summed E-state index contributed by atoms with van der Waals surface area (Å²) in [5.74, 6) is 5.00. The summed E-state index contributed by atoms with van der Waals surface area (Å²) in [6, 6.07) is 8.32. The molecule has 280 valence electrons. The van der Waals surface area contributed by atoms with E-state index in [-0.39, 0.29) is 43.8 Å². The molecule has 5 aromatic heterocycles. The van der Waals surface area contributed by atoms with Crippen molar-refractivity contribution >= 4 is 71.2 Å². The zero-order valence-corrected chi connectivity index (χ0v) is 32.2. The lowest BCUT2D eigenvalue weighted by atomic mass is 10.1. The SMILES string of the molecule is C#CCCc1cnc(N)[nH]1.Cc1cc2nc(CN=[N+]=[N-])[nH]c2cc1C.Cc1cc2nc(Cn3cc(CCc4cnc(N)[nH]4)nn3)[nH]c2cc1C.Cl.Cl.Cl. The number of imidazole rings is 4. The Bertz CT molecular complexity index is 2220. The molecule has 2 aromatic carbocycles. The van der Waals surface area contributed by atoms with Gasteiger partial charge in [-0.05, 0) is 92.6 Å². The maximum Gasteiger partial charge on any atom is 0.197 e. The molecule has 0 amide bonds. The fraction of sp³-hybridized carbons (Fsp3) is 0.294. The van der Waals surface area contributed by atoms with Crippen LogP contribution in [0.4, 0.5) is 11.9 Å². The molecule has 0 aliphatic carbocycles. The number of nitrogen functional groups attached to an aromatic ring is 2. The first kappa shape index (κ1) is 43.4. The van der Waals surface area contributed by atoms with E-state index in [2.05, 4.69) is 112 Å². The summed E-state index contributed by atoms with van der Waals surface area (Å²) in [6.45, 7) is 9.14. The molecular formula is C34H43Cl3N16. The van der Waals surface area contributed by atoms with Gasteiger partial charge in [0.1, 0.15) is 18.2 Å². The van der Waals surface area contributed by atoms with E-state index in [4.69, 9.17) is 23.4 Å². The monoisotopic (exact) mass is 780 g/mol. The second-order valence-electron chi connectivity index (χ2n) is 11.9. The summed E-state index contributed by atoms with van der Waals surface area (Å²) in [6.07, 6.45) is 13.6. The quantitative estimate of drug-likeness (QED) is 0.0396. The topological polar surface area (TPSA) is 246 Å². The Balaban J connectivity index is 0.000000298. The van der Waals surface area contributed by atoms with Gasteiger partial charge in [0, 0.05) is 35.3 Å². The van der Waals surface area contributed by atoms with E-state index in [9.17, 15) is 0 Å². The molecule has 16 nitrogen and oxygen atoms in total. The van der Waals surface area contributed by atoms with Crippen LogP contribution < -0.4 is 11.5 Å². The number of rotatable bonds is 9. The standard InChI is InChI=1S/C17H20N8.C10H11N5.C7H9N3.3ClH/c1-10-5-14-15(6-11(10)2)22-16(21-14)9-25-8-13(23-24-25)4-3-12-7-19-17(18)20-12;1-6-3-8-9(4-7(6)2)14-10(13-8)5-12-15-11;1-2-3-4-6-5-9-7(8)10-6;;;/h5-8H,3-4,9H2,1-2H3,(H,21,22)(H3,18,19,20);3-4H,5H2,1-2H3,(H,13,14);1,5H,3-4H2,(H3,8,9,10);3*1H. The number of terminal acetylenes is 1. The lowest BCUT2D eigenvalue weighted by molar-refractivity contribution is 0.630. The Morgan fingerprint density at radius 3 is 1.83 bits per heavy atom. The molecule has 0 unspecified atom stereocenters. The summed E-state index contributed by atoms with van der Waals surface area (Å²) in [4.78, 5) is 31.9. The second-order valence-corrected chi connectivity index (χ2v) is 11.9. The molecule has 19 heteroatoms. The Hall–Kier alpha value is -5.72. The normalized spacial score (nSPS) is 10.0. The van der Waals surface area contributed by atoms with Crippen LogP contribution in [-0.2, 0) is 32.4 Å². The predicted molar refractivity (Wildman–Crippen MR) is 215 cm³/mol. The van der Waals surface area contributed by atoms with Gasteiger partial charge in [-0.1, -0.05) is 10.3 Å². The van der Waals surface area contributed by atoms with Crippen LogP contribution in [0.3, 0.4) is 0 Å². The lowest BCUT2D eigenvalue weighted by Gasteiger charge is -1.97. The zero-order valence-electron chi connectivity index (χ0n) is 29.7. The molecule has 7 rings (SSSR count). The highest BCUT2D eigenvalue weighted by molar-refractivity contribution is 5.86. The molecular weight excluding hydrogens is 739 g/mol. The molecule has 0 aliphatic rings. The van der Waals surface area contributed by atoms with Crippen molar-refractivity contribution < 1.29 is 0 Å². The van der Waals surface area contributed by atoms with Crippen LogP contribution in [0.1, 0.15) is 57.4 Å². The Labute approximate surface area is 324 Å². The molecule has 0 saturated carbocycles. The van der Waals surface area contributed by atoms with E-state index >= 15 is 0 Å². The molecule has 8 N–H and O–H groups in total. The Kier molecular flexibility index (Phi) is 16.7. The van der Waals surface area contributed by atoms with Gasteiger partial charge in [0.15, 0.2) is 11.9 Å². The number of anilines is 2. The van der Waals surface area contributed by atoms with Crippen molar-refractivity contribution in [1.29, 1.82) is 0 Å². The van der Waals surface area contributed by atoms with E-state index in [0.29, 0.717) is 24.3 Å². The highest BCUT2D eigenvalue weighted by Gasteiger charge is 2.09. The Morgan fingerprint density at radius 1 is 0.774 bits per heavy atom. The molecule has 53 heavy (non-hydrogen) atoms. The Morgan fingerprint density at radius 2 is 1.30 bits per heavy atom. The number of fused-ring (bicyclic) bond motifs is 2. The summed E-state index contributed by atoms with van der Waals surface area (Å²) in [5, 5.41) is 11.9. The number of nitrogens with one attached hydrogen (secondary N) is 4. The zero-order chi connectivity index (χ0) is 35.6. The fourth-order valence-electron chi connectivity index (χ4n) is 5.05. The maximum atomic E-state index is 8.21. The minimum atomic E-state index is 0. The summed E-state index contributed by atoms with van der Waals surface area (Å²) in [7, 11) is 0. The van der Waals surface area contributed by atoms with Crippen molar-refractivity contribution in [2.75, 3.05) is 11.5 Å². The first-order valence-corrected chi connectivity index (χ1v) is 15.9. The first-order valence-electron chi connectivity index (χ1n) is 15.9. The van der Waals surface area contributed by atoms with Gasteiger partial charge in [-0.3, -0.25) is 0 Å². The number of nitrogens with two attached hydrogens (primary N) is 2. The van der Waals surface area contributed by atoms with Gasteiger partial charge in [-0.25, -0.2) is 24.6 Å². The molecule has 7 aromatic rings. The first-order chi connectivity index (χ1) is 24.1. The van der Waals surface area contributed by atoms with Crippen LogP contribution in [0.5, 0.6) is 0 Å². The van der Waals surface area contributed by atoms with Crippen LogP contribution in [0.25, 0.3) is 32.5 Å². The number of aryl methyl sites for hydroxylation is 7. The minimum absolute atomic E-state index is 0. The number of benzene rings is 2. The van der Waals surface area contributed by atoms with Gasteiger partial charge in [-0.2, -0.15) is 0 Å². The molecule has 0 fully saturated rings. The van der Waals surface area contributed by atoms with Gasteiger partial charge in [-0.15, -0.1) is 54.7 Å². The number of aromatic amines is 4. The third-order valence-electron chi connectivity index (χ3n) is 7.96. The van der Waals surface area contributed by atoms with E-state index in [1.165, 1.54) is 22.3 Å². The van der Waals surface area contributed by atoms with Gasteiger partial charge < -0.3 is 31.4 Å². The molecule has 0 spiro atoms. The van der Waals surface area contributed by atoms with Crippen molar-refractivity contribution in [3.63, 3.8) is 0 Å². The van der Waals surface area contributed by atoms with E-state index < -0.39 is 0 Å². The number of H-pyrrole nitrogens is 4. The van der Waals surface area contributed by atoms with Gasteiger partial charge in [0.2, 0.25) is 0 Å². The predicted octanol–water partition coefficient (Wildman–Crippen LogP) is 6.72. The van der Waals surface area contributed by atoms with E-state index in [1.54, 1.807) is 17.1 Å². The highest BCUT2D eigenvalue weighted by atomic mass is 35.5. The van der Waals surface area contributed by atoms with E-state index in [0.717, 1.165) is 70.7 Å². The average Bonchev–Trinajstić information content (AvgIpc) is 3.93. The molecule has 0 saturated heterocycles. The molecule has 0 bridgehead atoms. The fourth-order valence-corrected chi connectivity index (χ4v) is 5.05. The van der Waals surface area contributed by atoms with Crippen LogP contribution in [0, 0.1) is 40.0 Å². The van der Waals surface area contributed by atoms with Gasteiger partial charge >= 0.3 is 0 Å². The van der Waals surface area contributed by atoms with Crippen molar-refractivity contribution in [3.05, 3.63) is 104 Å². The molecule has 0 atom stereocenters. The van der Waals surface area contributed by atoms with Crippen molar-refractivity contribution in [2.45, 2.75) is 66.5 Å².